The van der Waals surface area contributed by atoms with E-state index in [9.17, 15) is 14.4 Å². The van der Waals surface area contributed by atoms with E-state index >= 15 is 0 Å². The molecule has 0 saturated heterocycles. The van der Waals surface area contributed by atoms with Gasteiger partial charge in [0.05, 0.1) is 14.2 Å². The zero-order valence-electron chi connectivity index (χ0n) is 22.3. The molecule has 2 aromatic rings. The van der Waals surface area contributed by atoms with Gasteiger partial charge in [-0.05, 0) is 62.1 Å². The first-order valence-electron chi connectivity index (χ1n) is 11.7. The van der Waals surface area contributed by atoms with Crippen molar-refractivity contribution in [3.05, 3.63) is 95.3 Å². The Morgan fingerprint density at radius 3 is 2.10 bits per heavy atom. The Hall–Kier alpha value is -3.59. The van der Waals surface area contributed by atoms with E-state index in [1.165, 1.54) is 19.3 Å². The Balaban J connectivity index is 0.000000389. The summed E-state index contributed by atoms with van der Waals surface area (Å²) in [6.07, 6.45) is 4.18. The van der Waals surface area contributed by atoms with Crippen LogP contribution in [0.2, 0.25) is 5.02 Å². The third-order valence-corrected chi connectivity index (χ3v) is 5.57. The van der Waals surface area contributed by atoms with Crippen LogP contribution in [0.15, 0.2) is 84.7 Å². The van der Waals surface area contributed by atoms with Crippen LogP contribution in [0.5, 0.6) is 11.5 Å². The number of methoxy groups -OCH3 is 2. The predicted molar refractivity (Wildman–Crippen MR) is 153 cm³/mol. The Labute approximate surface area is 240 Å². The molecule has 3 rings (SSSR count). The number of carbonyl (C=O) groups is 3. The number of nitrogens with zero attached hydrogens (tertiary/aromatic N) is 1. The second kappa shape index (κ2) is 17.1. The van der Waals surface area contributed by atoms with E-state index in [2.05, 4.69) is 6.58 Å². The summed E-state index contributed by atoms with van der Waals surface area (Å²) in [4.78, 5) is 37.2. The number of esters is 1. The van der Waals surface area contributed by atoms with Crippen molar-refractivity contribution in [1.82, 2.24) is 4.90 Å². The van der Waals surface area contributed by atoms with Gasteiger partial charge in [-0.3, -0.25) is 9.59 Å². The van der Waals surface area contributed by atoms with Crippen molar-refractivity contribution < 1.29 is 33.3 Å². The number of allylic oxidation sites excluding steroid dienone is 4. The van der Waals surface area contributed by atoms with E-state index in [-0.39, 0.29) is 48.2 Å². The van der Waals surface area contributed by atoms with E-state index < -0.39 is 0 Å². The molecule has 210 valence electrons. The number of benzene rings is 2. The standard InChI is InChI=1S/C17H16O4.C12H16ClNO3.ClH/c1-4-13(11-5-7-12(20-2)8-6-11)14-9-16(19)17(21-3)10-15(14)18;1-14(2)7-8-16-12(15)9-17-11-5-3-10(13)4-6-11;/h4-10,13H,1H2,2-3H3;3-6H,7-9H2,1-2H3;1H. The fraction of sp³-hybridized carbons (Fsp3) is 0.276. The molecule has 0 amide bonds. The number of hydrogen-bond donors (Lipinski definition) is 0. The third-order valence-electron chi connectivity index (χ3n) is 5.31. The SMILES string of the molecule is C=CC(C1=CC(=O)C(OC)=CC1=O)c1ccc(OC)cc1.CN(C)CCOC(=O)COc1ccc(Cl)cc1.Cl. The van der Waals surface area contributed by atoms with Crippen molar-refractivity contribution in [2.75, 3.05) is 48.1 Å². The lowest BCUT2D eigenvalue weighted by atomic mass is 9.85. The number of carbonyl (C=O) groups excluding carboxylic acids is 3. The molecule has 0 heterocycles. The lowest BCUT2D eigenvalue weighted by molar-refractivity contribution is -0.146. The monoisotopic (exact) mass is 577 g/mol. The third kappa shape index (κ3) is 11.0. The Bertz CT molecular complexity index is 1170. The fourth-order valence-corrected chi connectivity index (χ4v) is 3.40. The zero-order chi connectivity index (χ0) is 28.1. The van der Waals surface area contributed by atoms with Crippen LogP contribution in [-0.4, -0.2) is 70.5 Å². The van der Waals surface area contributed by atoms with Crippen LogP contribution in [-0.2, 0) is 23.9 Å². The summed E-state index contributed by atoms with van der Waals surface area (Å²) in [7, 11) is 6.78. The van der Waals surface area contributed by atoms with Crippen LogP contribution in [0, 0.1) is 0 Å². The van der Waals surface area contributed by atoms with E-state index in [0.717, 1.165) is 11.3 Å². The summed E-state index contributed by atoms with van der Waals surface area (Å²) >= 11 is 5.72. The largest absolute Gasteiger partial charge is 0.497 e. The number of ether oxygens (including phenoxy) is 4. The van der Waals surface area contributed by atoms with E-state index in [1.54, 1.807) is 49.6 Å². The molecule has 10 heteroatoms. The summed E-state index contributed by atoms with van der Waals surface area (Å²) in [5.41, 5.74) is 1.26. The van der Waals surface area contributed by atoms with Gasteiger partial charge in [0.1, 0.15) is 18.1 Å². The molecule has 0 aromatic heterocycles. The summed E-state index contributed by atoms with van der Waals surface area (Å²) in [5.74, 6) is 0.104. The molecule has 0 aliphatic heterocycles. The van der Waals surface area contributed by atoms with Gasteiger partial charge in [0, 0.05) is 29.1 Å². The second-order valence-electron chi connectivity index (χ2n) is 8.29. The number of hydrogen-bond acceptors (Lipinski definition) is 8. The molecular weight excluding hydrogens is 545 g/mol. The van der Waals surface area contributed by atoms with Gasteiger partial charge in [-0.25, -0.2) is 4.79 Å². The van der Waals surface area contributed by atoms with Gasteiger partial charge in [-0.2, -0.15) is 0 Å². The average Bonchev–Trinajstić information content (AvgIpc) is 2.91. The highest BCUT2D eigenvalue weighted by Crippen LogP contribution is 2.30. The molecule has 39 heavy (non-hydrogen) atoms. The first kappa shape index (κ1) is 33.4. The molecule has 0 spiro atoms. The van der Waals surface area contributed by atoms with E-state index in [1.807, 2.05) is 31.1 Å². The molecule has 0 bridgehead atoms. The first-order valence-corrected chi connectivity index (χ1v) is 12.1. The number of halogens is 2. The smallest absolute Gasteiger partial charge is 0.344 e. The Morgan fingerprint density at radius 2 is 1.56 bits per heavy atom. The van der Waals surface area contributed by atoms with Gasteiger partial charge in [0.15, 0.2) is 18.1 Å². The summed E-state index contributed by atoms with van der Waals surface area (Å²) in [6.45, 7) is 4.75. The Morgan fingerprint density at radius 1 is 0.949 bits per heavy atom. The minimum atomic E-state index is -0.373. The fourth-order valence-electron chi connectivity index (χ4n) is 3.27. The molecule has 0 fully saturated rings. The number of likely N-dealkylation sites (N-methyl/N-ethyl adjacent to an activating group) is 1. The van der Waals surface area contributed by atoms with Crippen LogP contribution < -0.4 is 9.47 Å². The minimum Gasteiger partial charge on any atom is -0.497 e. The molecule has 8 nitrogen and oxygen atoms in total. The van der Waals surface area contributed by atoms with Gasteiger partial charge in [0.25, 0.3) is 0 Å². The van der Waals surface area contributed by atoms with Gasteiger partial charge >= 0.3 is 5.97 Å². The van der Waals surface area contributed by atoms with E-state index in [0.29, 0.717) is 29.5 Å². The molecule has 1 aliphatic rings. The molecule has 0 saturated carbocycles. The molecule has 2 aromatic carbocycles. The van der Waals surface area contributed by atoms with Crippen LogP contribution in [0.4, 0.5) is 0 Å². The highest BCUT2D eigenvalue weighted by Gasteiger charge is 2.26. The minimum absolute atomic E-state index is 0. The maximum Gasteiger partial charge on any atom is 0.344 e. The molecular formula is C29H33Cl2NO7. The van der Waals surface area contributed by atoms with Crippen molar-refractivity contribution in [2.45, 2.75) is 5.92 Å². The van der Waals surface area contributed by atoms with Gasteiger partial charge in [-0.1, -0.05) is 29.8 Å². The zero-order valence-corrected chi connectivity index (χ0v) is 23.9. The summed E-state index contributed by atoms with van der Waals surface area (Å²) in [5, 5.41) is 0.630. The van der Waals surface area contributed by atoms with Crippen LogP contribution in [0.1, 0.15) is 11.5 Å². The maximum absolute atomic E-state index is 12.2. The first-order chi connectivity index (χ1) is 18.2. The normalized spacial score (nSPS) is 13.1. The summed E-state index contributed by atoms with van der Waals surface area (Å²) in [6, 6.07) is 14.1. The highest BCUT2D eigenvalue weighted by atomic mass is 35.5. The van der Waals surface area contributed by atoms with Gasteiger partial charge in [-0.15, -0.1) is 19.0 Å². The molecule has 1 atom stereocenters. The van der Waals surface area contributed by atoms with Gasteiger partial charge < -0.3 is 23.8 Å². The topological polar surface area (TPSA) is 91.4 Å². The number of rotatable bonds is 11. The molecule has 1 aliphatic carbocycles. The molecule has 1 unspecified atom stereocenters. The van der Waals surface area contributed by atoms with Crippen LogP contribution >= 0.6 is 24.0 Å². The quantitative estimate of drug-likeness (QED) is 0.213. The predicted octanol–water partition coefficient (Wildman–Crippen LogP) is 4.82. The Kier molecular flexibility index (Phi) is 14.7. The van der Waals surface area contributed by atoms with Crippen molar-refractivity contribution in [3.63, 3.8) is 0 Å². The van der Waals surface area contributed by atoms with Gasteiger partial charge in [0.2, 0.25) is 5.78 Å². The van der Waals surface area contributed by atoms with Crippen LogP contribution in [0.25, 0.3) is 0 Å². The highest BCUT2D eigenvalue weighted by molar-refractivity contribution is 6.30. The average molecular weight is 578 g/mol. The van der Waals surface area contributed by atoms with Crippen molar-refractivity contribution >= 4 is 41.5 Å². The molecule has 0 N–H and O–H groups in total. The summed E-state index contributed by atoms with van der Waals surface area (Å²) < 4.78 is 20.2. The van der Waals surface area contributed by atoms with Crippen molar-refractivity contribution in [1.29, 1.82) is 0 Å². The van der Waals surface area contributed by atoms with Crippen molar-refractivity contribution in [2.24, 2.45) is 0 Å². The molecule has 0 radical (unpaired) electrons. The van der Waals surface area contributed by atoms with E-state index in [4.69, 9.17) is 30.5 Å². The second-order valence-corrected chi connectivity index (χ2v) is 8.73. The van der Waals surface area contributed by atoms with Crippen LogP contribution in [0.3, 0.4) is 0 Å². The lowest BCUT2D eigenvalue weighted by Gasteiger charge is -2.18. The van der Waals surface area contributed by atoms with Crippen molar-refractivity contribution in [3.8, 4) is 11.5 Å². The lowest BCUT2D eigenvalue weighted by Crippen LogP contribution is -2.22. The maximum atomic E-state index is 12.2. The number of ketones is 2.